The van der Waals surface area contributed by atoms with E-state index in [-0.39, 0.29) is 17.7 Å². The molecule has 1 aliphatic rings. The summed E-state index contributed by atoms with van der Waals surface area (Å²) in [4.78, 5) is 28.9. The average molecular weight is 329 g/mol. The number of carbonyl (C=O) groups excluding carboxylic acids is 2. The smallest absolute Gasteiger partial charge is 0.309 e. The molecule has 1 aliphatic heterocycles. The van der Waals surface area contributed by atoms with Crippen molar-refractivity contribution in [1.82, 2.24) is 4.98 Å². The number of aromatic nitrogens is 1. The van der Waals surface area contributed by atoms with Gasteiger partial charge in [-0.2, -0.15) is 0 Å². The number of carbonyl (C=O) groups is 2. The minimum absolute atomic E-state index is 0.000426. The van der Waals surface area contributed by atoms with Crippen LogP contribution in [0.5, 0.6) is 0 Å². The van der Waals surface area contributed by atoms with E-state index >= 15 is 0 Å². The zero-order valence-electron chi connectivity index (χ0n) is 14.4. The Morgan fingerprint density at radius 2 is 2.04 bits per heavy atom. The van der Waals surface area contributed by atoms with E-state index in [4.69, 9.17) is 4.74 Å². The number of Topliss-reactive ketones (excluding diaryl/α,β-unsaturated/α-hetero) is 1. The van der Waals surface area contributed by atoms with E-state index in [1.165, 1.54) is 4.90 Å². The Balaban J connectivity index is 1.61. The molecule has 1 aromatic carbocycles. The molecular weight excluding hydrogens is 304 g/mol. The summed E-state index contributed by atoms with van der Waals surface area (Å²) >= 11 is 0. The number of fused-ring (bicyclic) bond motifs is 1. The lowest BCUT2D eigenvalue weighted by Gasteiger charge is -2.27. The van der Waals surface area contributed by atoms with Crippen molar-refractivity contribution in [2.75, 3.05) is 26.2 Å². The molecule has 128 valence electrons. The molecule has 0 saturated carbocycles. The van der Waals surface area contributed by atoms with E-state index in [1.54, 1.807) is 0 Å². The Bertz CT molecular complexity index is 742. The Morgan fingerprint density at radius 3 is 2.75 bits per heavy atom. The number of esters is 1. The van der Waals surface area contributed by atoms with Gasteiger partial charge in [-0.25, -0.2) is 0 Å². The molecule has 0 bridgehead atoms. The molecule has 0 atom stereocenters. The standard InChI is InChI=1S/C19H24N2O3/c1-3-24-19(23)14-6-8-21(9-7-14)12-18(22)16-11-20-17-5-4-13(2)10-15(16)17/h4-5,10-11,14,20H,3,6-9,12H2,1-2H3/p+1. The lowest BCUT2D eigenvalue weighted by Crippen LogP contribution is -3.14. The SMILES string of the molecule is CCOC(=O)C1CC[NH+](CC(=O)c2c[nH]c3ccc(C)cc23)CC1. The second-order valence-corrected chi connectivity index (χ2v) is 6.63. The molecule has 5 heteroatoms. The van der Waals surface area contributed by atoms with Crippen LogP contribution in [-0.2, 0) is 9.53 Å². The Morgan fingerprint density at radius 1 is 1.29 bits per heavy atom. The highest BCUT2D eigenvalue weighted by Gasteiger charge is 2.29. The average Bonchev–Trinajstić information content (AvgIpc) is 2.98. The Hall–Kier alpha value is -2.14. The molecule has 3 rings (SSSR count). The van der Waals surface area contributed by atoms with Crippen LogP contribution in [-0.4, -0.2) is 43.0 Å². The van der Waals surface area contributed by atoms with E-state index in [2.05, 4.69) is 11.1 Å². The van der Waals surface area contributed by atoms with Gasteiger partial charge in [0.2, 0.25) is 5.78 Å². The second kappa shape index (κ2) is 7.18. The van der Waals surface area contributed by atoms with Gasteiger partial charge in [-0.15, -0.1) is 0 Å². The largest absolute Gasteiger partial charge is 0.466 e. The highest BCUT2D eigenvalue weighted by molar-refractivity contribution is 6.08. The van der Waals surface area contributed by atoms with Crippen molar-refractivity contribution < 1.29 is 19.2 Å². The summed E-state index contributed by atoms with van der Waals surface area (Å²) in [5.41, 5.74) is 2.92. The van der Waals surface area contributed by atoms with Gasteiger partial charge in [0.25, 0.3) is 0 Å². The van der Waals surface area contributed by atoms with Gasteiger partial charge in [0.05, 0.1) is 25.6 Å². The topological polar surface area (TPSA) is 63.6 Å². The molecule has 0 spiro atoms. The van der Waals surface area contributed by atoms with Gasteiger partial charge in [0, 0.05) is 35.5 Å². The molecule has 0 amide bonds. The summed E-state index contributed by atoms with van der Waals surface area (Å²) in [5, 5.41) is 1.00. The number of hydrogen-bond donors (Lipinski definition) is 2. The normalized spacial score (nSPS) is 20.9. The number of aromatic amines is 1. The maximum absolute atomic E-state index is 12.7. The van der Waals surface area contributed by atoms with Crippen LogP contribution >= 0.6 is 0 Å². The monoisotopic (exact) mass is 329 g/mol. The summed E-state index contributed by atoms with van der Waals surface area (Å²) in [7, 11) is 0. The molecule has 1 aromatic heterocycles. The van der Waals surface area contributed by atoms with Gasteiger partial charge < -0.3 is 14.6 Å². The van der Waals surface area contributed by atoms with E-state index in [0.717, 1.165) is 48.0 Å². The number of piperidine rings is 1. The lowest BCUT2D eigenvalue weighted by atomic mass is 9.96. The fourth-order valence-electron chi connectivity index (χ4n) is 3.49. The van der Waals surface area contributed by atoms with Crippen LogP contribution in [0.25, 0.3) is 10.9 Å². The van der Waals surface area contributed by atoms with Gasteiger partial charge in [0.15, 0.2) is 0 Å². The molecule has 0 radical (unpaired) electrons. The molecular formula is C19H25N2O3+. The van der Waals surface area contributed by atoms with Crippen molar-refractivity contribution in [2.45, 2.75) is 26.7 Å². The quantitative estimate of drug-likeness (QED) is 0.646. The van der Waals surface area contributed by atoms with Crippen molar-refractivity contribution in [3.63, 3.8) is 0 Å². The van der Waals surface area contributed by atoms with Gasteiger partial charge in [-0.1, -0.05) is 11.6 Å². The summed E-state index contributed by atoms with van der Waals surface area (Å²) < 4.78 is 5.10. The Kier molecular flexibility index (Phi) is 5.00. The fraction of sp³-hybridized carbons (Fsp3) is 0.474. The van der Waals surface area contributed by atoms with Crippen molar-refractivity contribution >= 4 is 22.7 Å². The number of ether oxygens (including phenoxy) is 1. The fourth-order valence-corrected chi connectivity index (χ4v) is 3.49. The number of benzene rings is 1. The third kappa shape index (κ3) is 3.51. The second-order valence-electron chi connectivity index (χ2n) is 6.63. The van der Waals surface area contributed by atoms with Crippen molar-refractivity contribution in [3.05, 3.63) is 35.5 Å². The minimum atomic E-state index is -0.0880. The first kappa shape index (κ1) is 16.7. The molecule has 5 nitrogen and oxygen atoms in total. The number of aryl methyl sites for hydroxylation is 1. The molecule has 0 unspecified atom stereocenters. The number of H-pyrrole nitrogens is 1. The van der Waals surface area contributed by atoms with E-state index in [0.29, 0.717) is 13.2 Å². The van der Waals surface area contributed by atoms with Crippen molar-refractivity contribution in [1.29, 1.82) is 0 Å². The van der Waals surface area contributed by atoms with E-state index < -0.39 is 0 Å². The number of ketones is 1. The summed E-state index contributed by atoms with van der Waals surface area (Å²) in [5.74, 6) is 0.0750. The Labute approximate surface area is 142 Å². The first-order valence-electron chi connectivity index (χ1n) is 8.69. The molecule has 0 aliphatic carbocycles. The first-order valence-corrected chi connectivity index (χ1v) is 8.69. The van der Waals surface area contributed by atoms with Crippen LogP contribution in [0, 0.1) is 12.8 Å². The van der Waals surface area contributed by atoms with E-state index in [1.807, 2.05) is 32.2 Å². The summed E-state index contributed by atoms with van der Waals surface area (Å²) in [6.07, 6.45) is 3.42. The first-order chi connectivity index (χ1) is 11.6. The predicted octanol–water partition coefficient (Wildman–Crippen LogP) is 1.52. The number of hydrogen-bond acceptors (Lipinski definition) is 3. The third-order valence-electron chi connectivity index (χ3n) is 4.86. The summed E-state index contributed by atoms with van der Waals surface area (Å²) in [6.45, 7) is 6.47. The number of quaternary nitrogens is 1. The number of nitrogens with one attached hydrogen (secondary N) is 2. The van der Waals surface area contributed by atoms with Crippen LogP contribution in [0.2, 0.25) is 0 Å². The van der Waals surface area contributed by atoms with Gasteiger partial charge in [-0.05, 0) is 26.0 Å². The summed E-state index contributed by atoms with van der Waals surface area (Å²) in [6, 6.07) is 6.11. The zero-order chi connectivity index (χ0) is 17.1. The molecule has 2 N–H and O–H groups in total. The lowest BCUT2D eigenvalue weighted by molar-refractivity contribution is -0.897. The third-order valence-corrected chi connectivity index (χ3v) is 4.86. The molecule has 1 saturated heterocycles. The molecule has 1 fully saturated rings. The van der Waals surface area contributed by atoms with Crippen molar-refractivity contribution in [3.8, 4) is 0 Å². The molecule has 24 heavy (non-hydrogen) atoms. The number of rotatable bonds is 5. The van der Waals surface area contributed by atoms with Crippen LogP contribution in [0.4, 0.5) is 0 Å². The van der Waals surface area contributed by atoms with Gasteiger partial charge >= 0.3 is 5.97 Å². The minimum Gasteiger partial charge on any atom is -0.466 e. The maximum Gasteiger partial charge on any atom is 0.309 e. The van der Waals surface area contributed by atoms with Crippen LogP contribution in [0.1, 0.15) is 35.7 Å². The highest BCUT2D eigenvalue weighted by Crippen LogP contribution is 2.20. The van der Waals surface area contributed by atoms with Crippen LogP contribution in [0.3, 0.4) is 0 Å². The van der Waals surface area contributed by atoms with E-state index in [9.17, 15) is 9.59 Å². The highest BCUT2D eigenvalue weighted by atomic mass is 16.5. The van der Waals surface area contributed by atoms with Crippen LogP contribution < -0.4 is 4.90 Å². The maximum atomic E-state index is 12.7. The zero-order valence-corrected chi connectivity index (χ0v) is 14.4. The molecule has 2 heterocycles. The molecule has 2 aromatic rings. The predicted molar refractivity (Wildman–Crippen MR) is 92.3 cm³/mol. The number of likely N-dealkylation sites (tertiary alicyclic amines) is 1. The van der Waals surface area contributed by atoms with Crippen molar-refractivity contribution in [2.24, 2.45) is 5.92 Å². The van der Waals surface area contributed by atoms with Crippen LogP contribution in [0.15, 0.2) is 24.4 Å². The van der Waals surface area contributed by atoms with Gasteiger partial charge in [-0.3, -0.25) is 9.59 Å². The van der Waals surface area contributed by atoms with Gasteiger partial charge in [0.1, 0.15) is 6.54 Å².